The van der Waals surface area contributed by atoms with Crippen LogP contribution in [0.25, 0.3) is 11.0 Å². The van der Waals surface area contributed by atoms with Gasteiger partial charge in [0.15, 0.2) is 9.84 Å². The molecule has 2 rings (SSSR count). The van der Waals surface area contributed by atoms with E-state index in [1.165, 1.54) is 6.07 Å². The molecule has 9 heteroatoms. The molecular formula is C12H15ClN4O3S. The fourth-order valence-corrected chi connectivity index (χ4v) is 3.14. The number of rotatable bonds is 5. The monoisotopic (exact) mass is 330 g/mol. The van der Waals surface area contributed by atoms with Crippen molar-refractivity contribution in [2.75, 3.05) is 12.8 Å². The molecule has 0 aliphatic carbocycles. The Morgan fingerprint density at radius 3 is 2.76 bits per heavy atom. The maximum absolute atomic E-state index is 11.8. The number of carbonyl (C=O) groups is 1. The van der Waals surface area contributed by atoms with E-state index in [0.717, 1.165) is 6.26 Å². The molecule has 114 valence electrons. The Bertz CT molecular complexity index is 785. The number of nitrogens with two attached hydrogens (primary N) is 1. The third-order valence-electron chi connectivity index (χ3n) is 2.97. The smallest absolute Gasteiger partial charge is 0.312 e. The van der Waals surface area contributed by atoms with Crippen LogP contribution in [0.15, 0.2) is 23.1 Å². The Kier molecular flexibility index (Phi) is 4.38. The summed E-state index contributed by atoms with van der Waals surface area (Å²) in [5.74, 6) is 0.670. The third kappa shape index (κ3) is 3.27. The van der Waals surface area contributed by atoms with Crippen LogP contribution in [0.4, 0.5) is 4.79 Å². The number of sulfone groups is 1. The first kappa shape index (κ1) is 15.6. The lowest BCUT2D eigenvalue weighted by Gasteiger charge is -2.08. The molecule has 1 heterocycles. The van der Waals surface area contributed by atoms with Gasteiger partial charge in [0.25, 0.3) is 0 Å². The van der Waals surface area contributed by atoms with Crippen molar-refractivity contribution < 1.29 is 13.2 Å². The van der Waals surface area contributed by atoms with Crippen molar-refractivity contribution in [1.29, 1.82) is 0 Å². The largest absolute Gasteiger partial charge is 0.352 e. The van der Waals surface area contributed by atoms with Crippen LogP contribution in [0.3, 0.4) is 0 Å². The van der Waals surface area contributed by atoms with Crippen molar-refractivity contribution >= 4 is 38.5 Å². The molecule has 0 aliphatic heterocycles. The van der Waals surface area contributed by atoms with Crippen LogP contribution < -0.4 is 11.1 Å². The van der Waals surface area contributed by atoms with Gasteiger partial charge in [0.05, 0.1) is 16.3 Å². The average Bonchev–Trinajstić information content (AvgIpc) is 2.75. The van der Waals surface area contributed by atoms with E-state index in [0.29, 0.717) is 29.9 Å². The molecule has 7 nitrogen and oxygen atoms in total. The van der Waals surface area contributed by atoms with Crippen molar-refractivity contribution in [3.8, 4) is 0 Å². The summed E-state index contributed by atoms with van der Waals surface area (Å²) in [5, 5.41) is 2.47. The van der Waals surface area contributed by atoms with Crippen molar-refractivity contribution in [1.82, 2.24) is 14.9 Å². The van der Waals surface area contributed by atoms with Crippen molar-refractivity contribution in [3.05, 3.63) is 24.0 Å². The molecule has 1 aromatic heterocycles. The maximum atomic E-state index is 11.8. The van der Waals surface area contributed by atoms with Crippen molar-refractivity contribution in [3.63, 3.8) is 0 Å². The Morgan fingerprint density at radius 2 is 2.19 bits per heavy atom. The molecule has 0 fully saturated rings. The summed E-state index contributed by atoms with van der Waals surface area (Å²) in [7, 11) is -3.38. The third-order valence-corrected chi connectivity index (χ3v) is 4.34. The van der Waals surface area contributed by atoms with Crippen LogP contribution in [-0.4, -0.2) is 36.8 Å². The van der Waals surface area contributed by atoms with Gasteiger partial charge < -0.3 is 15.6 Å². The number of imidazole rings is 1. The highest BCUT2D eigenvalue weighted by Gasteiger charge is 2.18. The lowest BCUT2D eigenvalue weighted by Crippen LogP contribution is -2.32. The van der Waals surface area contributed by atoms with E-state index >= 15 is 0 Å². The van der Waals surface area contributed by atoms with E-state index in [1.807, 2.05) is 0 Å². The number of primary amides is 1. The van der Waals surface area contributed by atoms with E-state index in [2.05, 4.69) is 10.3 Å². The minimum absolute atomic E-state index is 0.133. The van der Waals surface area contributed by atoms with Crippen LogP contribution in [0, 0.1) is 0 Å². The molecule has 0 saturated heterocycles. The second kappa shape index (κ2) is 5.90. The molecule has 0 atom stereocenters. The first-order valence-electron chi connectivity index (χ1n) is 6.12. The molecule has 0 radical (unpaired) electrons. The van der Waals surface area contributed by atoms with Crippen LogP contribution in [0.2, 0.25) is 0 Å². The zero-order valence-electron chi connectivity index (χ0n) is 11.3. The summed E-state index contributed by atoms with van der Waals surface area (Å²) < 4.78 is 25.4. The van der Waals surface area contributed by atoms with Gasteiger partial charge in [-0.15, -0.1) is 11.6 Å². The van der Waals surface area contributed by atoms with Crippen molar-refractivity contribution in [2.45, 2.75) is 17.3 Å². The van der Waals surface area contributed by atoms with Gasteiger partial charge in [-0.3, -0.25) is 0 Å². The topological polar surface area (TPSA) is 107 Å². The summed E-state index contributed by atoms with van der Waals surface area (Å²) in [5.41, 5.74) is 6.05. The summed E-state index contributed by atoms with van der Waals surface area (Å²) >= 11 is 5.87. The Morgan fingerprint density at radius 1 is 1.48 bits per heavy atom. The Balaban J connectivity index is 2.52. The van der Waals surface area contributed by atoms with Crippen LogP contribution in [-0.2, 0) is 22.3 Å². The molecule has 3 N–H and O–H groups in total. The number of nitrogens with one attached hydrogen (secondary N) is 1. The standard InChI is InChI=1S/C12H15ClN4O3S/c1-21(19,20)9-4-2-3-8-11(9)16-10(7-13)17(8)6-5-15-12(14)18/h2-4H,5-7H2,1H3,(H3,14,15,18). The summed E-state index contributed by atoms with van der Waals surface area (Å²) in [4.78, 5) is 15.2. The summed E-state index contributed by atoms with van der Waals surface area (Å²) in [6.45, 7) is 0.697. The van der Waals surface area contributed by atoms with Gasteiger partial charge in [-0.2, -0.15) is 0 Å². The molecule has 0 aliphatic rings. The molecule has 2 amide bonds. The van der Waals surface area contributed by atoms with Crippen molar-refractivity contribution in [2.24, 2.45) is 5.73 Å². The number of nitrogens with zero attached hydrogens (tertiary/aromatic N) is 2. The van der Waals surface area contributed by atoms with Gasteiger partial charge in [0, 0.05) is 19.3 Å². The Labute approximate surface area is 127 Å². The number of amides is 2. The second-order valence-electron chi connectivity index (χ2n) is 4.50. The number of hydrogen-bond donors (Lipinski definition) is 2. The maximum Gasteiger partial charge on any atom is 0.312 e. The number of para-hydroxylation sites is 1. The zero-order valence-corrected chi connectivity index (χ0v) is 12.9. The van der Waals surface area contributed by atoms with E-state index in [9.17, 15) is 13.2 Å². The summed E-state index contributed by atoms with van der Waals surface area (Å²) in [6.07, 6.45) is 1.13. The predicted molar refractivity (Wildman–Crippen MR) is 80.0 cm³/mol. The normalized spacial score (nSPS) is 11.7. The van der Waals surface area contributed by atoms with Gasteiger partial charge in [0.2, 0.25) is 0 Å². The van der Waals surface area contributed by atoms with Gasteiger partial charge in [0.1, 0.15) is 11.3 Å². The molecule has 0 bridgehead atoms. The van der Waals surface area contributed by atoms with Crippen LogP contribution in [0.5, 0.6) is 0 Å². The van der Waals surface area contributed by atoms with E-state index < -0.39 is 15.9 Å². The first-order chi connectivity index (χ1) is 9.84. The first-order valence-corrected chi connectivity index (χ1v) is 8.54. The van der Waals surface area contributed by atoms with Crippen LogP contribution in [0.1, 0.15) is 5.82 Å². The number of hydrogen-bond acceptors (Lipinski definition) is 4. The number of carbonyl (C=O) groups excluding carboxylic acids is 1. The highest BCUT2D eigenvalue weighted by molar-refractivity contribution is 7.91. The van der Waals surface area contributed by atoms with Gasteiger partial charge >= 0.3 is 6.03 Å². The number of benzene rings is 1. The molecule has 21 heavy (non-hydrogen) atoms. The Hall–Kier alpha value is -1.80. The number of urea groups is 1. The minimum atomic E-state index is -3.38. The predicted octanol–water partition coefficient (Wildman–Crippen LogP) is 0.847. The summed E-state index contributed by atoms with van der Waals surface area (Å²) in [6, 6.07) is 4.30. The number of aromatic nitrogens is 2. The molecular weight excluding hydrogens is 316 g/mol. The number of alkyl halides is 1. The number of fused-ring (bicyclic) bond motifs is 1. The quantitative estimate of drug-likeness (QED) is 0.792. The highest BCUT2D eigenvalue weighted by atomic mass is 35.5. The lowest BCUT2D eigenvalue weighted by atomic mass is 10.3. The SMILES string of the molecule is CS(=O)(=O)c1cccc2c1nc(CCl)n2CCNC(N)=O. The minimum Gasteiger partial charge on any atom is -0.352 e. The van der Waals surface area contributed by atoms with Crippen LogP contribution >= 0.6 is 11.6 Å². The highest BCUT2D eigenvalue weighted by Crippen LogP contribution is 2.24. The molecule has 2 aromatic rings. The molecule has 0 spiro atoms. The van der Waals surface area contributed by atoms with E-state index in [-0.39, 0.29) is 10.8 Å². The van der Waals surface area contributed by atoms with Gasteiger partial charge in [-0.1, -0.05) is 6.07 Å². The molecule has 0 unspecified atom stereocenters. The number of halogens is 1. The zero-order chi connectivity index (χ0) is 15.6. The fraction of sp³-hybridized carbons (Fsp3) is 0.333. The second-order valence-corrected chi connectivity index (χ2v) is 6.75. The van der Waals surface area contributed by atoms with Gasteiger partial charge in [-0.25, -0.2) is 18.2 Å². The fourth-order valence-electron chi connectivity index (χ4n) is 2.11. The van der Waals surface area contributed by atoms with Gasteiger partial charge in [-0.05, 0) is 12.1 Å². The molecule has 1 aromatic carbocycles. The lowest BCUT2D eigenvalue weighted by molar-refractivity contribution is 0.248. The van der Waals surface area contributed by atoms with E-state index in [1.54, 1.807) is 16.7 Å². The van der Waals surface area contributed by atoms with E-state index in [4.69, 9.17) is 17.3 Å². The molecule has 0 saturated carbocycles. The average molecular weight is 331 g/mol.